The van der Waals surface area contributed by atoms with Crippen molar-refractivity contribution in [3.63, 3.8) is 0 Å². The number of rotatable bonds is 3. The van der Waals surface area contributed by atoms with Crippen molar-refractivity contribution in [2.24, 2.45) is 11.7 Å². The van der Waals surface area contributed by atoms with Gasteiger partial charge in [-0.1, -0.05) is 13.8 Å². The molecule has 11 heavy (non-hydrogen) atoms. The van der Waals surface area contributed by atoms with Gasteiger partial charge in [-0.15, -0.1) is 0 Å². The summed E-state index contributed by atoms with van der Waals surface area (Å²) in [6.45, 7) is 3.98. The zero-order valence-electron chi connectivity index (χ0n) is 7.89. The van der Waals surface area contributed by atoms with Crippen LogP contribution in [0.4, 0.5) is 0 Å². The summed E-state index contributed by atoms with van der Waals surface area (Å²) < 4.78 is 4.56. The third kappa shape index (κ3) is 5.85. The summed E-state index contributed by atoms with van der Waals surface area (Å²) in [5, 5.41) is 0. The average Bonchev–Trinajstić information content (AvgIpc) is 2.10. The van der Waals surface area contributed by atoms with Crippen LogP contribution in [0.3, 0.4) is 0 Å². The fourth-order valence-electron chi connectivity index (χ4n) is 0.789. The van der Waals surface area contributed by atoms with Crippen molar-refractivity contribution in [3.8, 4) is 0 Å². The molecule has 0 rings (SSSR count). The predicted molar refractivity (Wildman–Crippen MR) is 46.2 cm³/mol. The van der Waals surface area contributed by atoms with Gasteiger partial charge in [0.1, 0.15) is 0 Å². The van der Waals surface area contributed by atoms with Gasteiger partial charge in [0.25, 0.3) is 0 Å². The Kier molecular flexibility index (Phi) is 11.2. The van der Waals surface area contributed by atoms with Gasteiger partial charge in [0.15, 0.2) is 0 Å². The van der Waals surface area contributed by atoms with Crippen LogP contribution in [0, 0.1) is 5.92 Å². The normalized spacial score (nSPS) is 8.55. The second-order valence-electron chi connectivity index (χ2n) is 2.04. The molecule has 0 aliphatic carbocycles. The summed E-state index contributed by atoms with van der Waals surface area (Å²) in [6, 6.07) is 0. The molecule has 0 heterocycles. The molecular weight excluding hydrogens is 142 g/mol. The van der Waals surface area contributed by atoms with E-state index in [1.165, 1.54) is 14.2 Å². The van der Waals surface area contributed by atoms with Crippen molar-refractivity contribution in [1.29, 1.82) is 0 Å². The molecule has 0 aromatic heterocycles. The molecule has 0 atom stereocenters. The van der Waals surface area contributed by atoms with Crippen molar-refractivity contribution >= 4 is 5.97 Å². The maximum absolute atomic E-state index is 10.8. The monoisotopic (exact) mass is 161 g/mol. The summed E-state index contributed by atoms with van der Waals surface area (Å²) in [6.07, 6.45) is 1.76. The average molecular weight is 161 g/mol. The van der Waals surface area contributed by atoms with Crippen LogP contribution in [0.2, 0.25) is 0 Å². The third-order valence-electron chi connectivity index (χ3n) is 1.52. The second kappa shape index (κ2) is 9.43. The largest absolute Gasteiger partial charge is 0.469 e. The number of hydrogen-bond acceptors (Lipinski definition) is 3. The molecule has 0 aromatic rings. The van der Waals surface area contributed by atoms with Gasteiger partial charge < -0.3 is 10.5 Å². The molecule has 0 aromatic carbocycles. The van der Waals surface area contributed by atoms with Crippen molar-refractivity contribution in [2.75, 3.05) is 14.2 Å². The number of nitrogens with two attached hydrogens (primary N) is 1. The number of carbonyl (C=O) groups excluding carboxylic acids is 1. The number of hydrogen-bond donors (Lipinski definition) is 1. The summed E-state index contributed by atoms with van der Waals surface area (Å²) in [5.74, 6) is 0.0231. The highest BCUT2D eigenvalue weighted by molar-refractivity contribution is 5.71. The molecule has 0 amide bonds. The number of esters is 1. The second-order valence-corrected chi connectivity index (χ2v) is 2.04. The van der Waals surface area contributed by atoms with Crippen molar-refractivity contribution in [1.82, 2.24) is 0 Å². The summed E-state index contributed by atoms with van der Waals surface area (Å²) in [4.78, 5) is 10.8. The van der Waals surface area contributed by atoms with Gasteiger partial charge in [0, 0.05) is 0 Å². The minimum atomic E-state index is -0.0833. The quantitative estimate of drug-likeness (QED) is 0.632. The van der Waals surface area contributed by atoms with Crippen LogP contribution in [0.1, 0.15) is 26.7 Å². The van der Waals surface area contributed by atoms with E-state index in [2.05, 4.69) is 10.5 Å². The predicted octanol–water partition coefficient (Wildman–Crippen LogP) is 1.17. The lowest BCUT2D eigenvalue weighted by atomic mass is 10.0. The topological polar surface area (TPSA) is 52.3 Å². The molecule has 0 radical (unpaired) electrons. The Balaban J connectivity index is 0. The van der Waals surface area contributed by atoms with Crippen LogP contribution in [0.25, 0.3) is 0 Å². The SMILES string of the molecule is CCC(CC)C(=O)OC.CN. The van der Waals surface area contributed by atoms with Crippen molar-refractivity contribution in [2.45, 2.75) is 26.7 Å². The van der Waals surface area contributed by atoms with Crippen molar-refractivity contribution < 1.29 is 9.53 Å². The van der Waals surface area contributed by atoms with Crippen molar-refractivity contribution in [3.05, 3.63) is 0 Å². The van der Waals surface area contributed by atoms with Gasteiger partial charge >= 0.3 is 5.97 Å². The molecule has 0 bridgehead atoms. The molecule has 68 valence electrons. The first kappa shape index (κ1) is 13.1. The molecule has 0 spiro atoms. The first-order valence-corrected chi connectivity index (χ1v) is 3.91. The van der Waals surface area contributed by atoms with Gasteiger partial charge in [-0.25, -0.2) is 0 Å². The van der Waals surface area contributed by atoms with Gasteiger partial charge in [0.2, 0.25) is 0 Å². The van der Waals surface area contributed by atoms with Crippen LogP contribution in [0.15, 0.2) is 0 Å². The molecule has 2 N–H and O–H groups in total. The van der Waals surface area contributed by atoms with E-state index in [9.17, 15) is 4.79 Å². The summed E-state index contributed by atoms with van der Waals surface area (Å²) >= 11 is 0. The summed E-state index contributed by atoms with van der Waals surface area (Å²) in [7, 11) is 2.93. The van der Waals surface area contributed by atoms with Crippen LogP contribution in [-0.4, -0.2) is 20.1 Å². The van der Waals surface area contributed by atoms with E-state index < -0.39 is 0 Å². The molecule has 0 fully saturated rings. The molecule has 0 unspecified atom stereocenters. The van der Waals surface area contributed by atoms with Crippen LogP contribution < -0.4 is 5.73 Å². The van der Waals surface area contributed by atoms with E-state index >= 15 is 0 Å². The lowest BCUT2D eigenvalue weighted by Crippen LogP contribution is -2.13. The lowest BCUT2D eigenvalue weighted by molar-refractivity contribution is -0.145. The standard InChI is InChI=1S/C7H14O2.CH5N/c1-4-6(5-2)7(8)9-3;1-2/h6H,4-5H2,1-3H3;2H2,1H3. The number of carbonyl (C=O) groups is 1. The zero-order valence-corrected chi connectivity index (χ0v) is 7.89. The van der Waals surface area contributed by atoms with E-state index in [1.54, 1.807) is 0 Å². The molecule has 0 saturated carbocycles. The fourth-order valence-corrected chi connectivity index (χ4v) is 0.789. The highest BCUT2D eigenvalue weighted by Gasteiger charge is 2.12. The lowest BCUT2D eigenvalue weighted by Gasteiger charge is -2.07. The Hall–Kier alpha value is -0.570. The smallest absolute Gasteiger partial charge is 0.308 e. The van der Waals surface area contributed by atoms with E-state index in [0.29, 0.717) is 0 Å². The minimum absolute atomic E-state index is 0.0833. The van der Waals surface area contributed by atoms with Gasteiger partial charge in [-0.05, 0) is 19.9 Å². The molecule has 3 nitrogen and oxygen atoms in total. The first-order chi connectivity index (χ1) is 5.26. The molecule has 0 saturated heterocycles. The van der Waals surface area contributed by atoms with E-state index in [-0.39, 0.29) is 11.9 Å². The van der Waals surface area contributed by atoms with Gasteiger partial charge in [0.05, 0.1) is 13.0 Å². The Labute approximate surface area is 68.9 Å². The van der Waals surface area contributed by atoms with Crippen LogP contribution in [-0.2, 0) is 9.53 Å². The number of methoxy groups -OCH3 is 1. The van der Waals surface area contributed by atoms with E-state index in [0.717, 1.165) is 12.8 Å². The molecular formula is C8H19NO2. The summed E-state index contributed by atoms with van der Waals surface area (Å²) in [5.41, 5.74) is 4.50. The van der Waals surface area contributed by atoms with Gasteiger partial charge in [-0.2, -0.15) is 0 Å². The van der Waals surface area contributed by atoms with E-state index in [4.69, 9.17) is 0 Å². The maximum Gasteiger partial charge on any atom is 0.308 e. The van der Waals surface area contributed by atoms with Crippen LogP contribution in [0.5, 0.6) is 0 Å². The fraction of sp³-hybridized carbons (Fsp3) is 0.875. The Morgan fingerprint density at radius 1 is 1.36 bits per heavy atom. The highest BCUT2D eigenvalue weighted by atomic mass is 16.5. The number of ether oxygens (including phenoxy) is 1. The van der Waals surface area contributed by atoms with E-state index in [1.807, 2.05) is 13.8 Å². The van der Waals surface area contributed by atoms with Crippen LogP contribution >= 0.6 is 0 Å². The molecule has 0 aliphatic rings. The first-order valence-electron chi connectivity index (χ1n) is 3.91. The maximum atomic E-state index is 10.8. The zero-order chi connectivity index (χ0) is 9.28. The van der Waals surface area contributed by atoms with Gasteiger partial charge in [-0.3, -0.25) is 4.79 Å². The Morgan fingerprint density at radius 3 is 1.82 bits per heavy atom. The Bertz CT molecular complexity index is 90.1. The highest BCUT2D eigenvalue weighted by Crippen LogP contribution is 2.08. The molecule has 3 heteroatoms. The third-order valence-corrected chi connectivity index (χ3v) is 1.52. The Morgan fingerprint density at radius 2 is 1.73 bits per heavy atom. The molecule has 0 aliphatic heterocycles. The minimum Gasteiger partial charge on any atom is -0.469 e.